The quantitative estimate of drug-likeness (QED) is 0.865. The van der Waals surface area contributed by atoms with Crippen LogP contribution in [0.3, 0.4) is 0 Å². The van der Waals surface area contributed by atoms with Crippen LogP contribution < -0.4 is 14.8 Å². The molecule has 1 aromatic heterocycles. The molecule has 2 aromatic rings. The van der Waals surface area contributed by atoms with E-state index in [0.29, 0.717) is 6.07 Å². The van der Waals surface area contributed by atoms with Gasteiger partial charge in [-0.15, -0.1) is 0 Å². The summed E-state index contributed by atoms with van der Waals surface area (Å²) in [5.74, 6) is -2.21. The molecule has 0 unspecified atom stereocenters. The predicted molar refractivity (Wildman–Crippen MR) is 84.7 cm³/mol. The highest BCUT2D eigenvalue weighted by molar-refractivity contribution is 7.92. The van der Waals surface area contributed by atoms with E-state index in [1.807, 2.05) is 0 Å². The van der Waals surface area contributed by atoms with Crippen molar-refractivity contribution in [3.05, 3.63) is 42.1 Å². The number of carbonyl (C=O) groups is 1. The van der Waals surface area contributed by atoms with Crippen LogP contribution in [0.15, 0.2) is 35.4 Å². The third-order valence-electron chi connectivity index (χ3n) is 3.43. The summed E-state index contributed by atoms with van der Waals surface area (Å²) in [5, 5.41) is 2.53. The number of carbonyl (C=O) groups excluding carboxylic acids is 1. The minimum absolute atomic E-state index is 0.00516. The number of fused-ring (bicyclic) bond motifs is 1. The molecule has 7 nitrogen and oxygen atoms in total. The first kappa shape index (κ1) is 17.1. The average molecular weight is 369 g/mol. The van der Waals surface area contributed by atoms with Gasteiger partial charge in [-0.3, -0.25) is 9.52 Å². The molecule has 132 valence electrons. The monoisotopic (exact) mass is 369 g/mol. The number of aromatic nitrogens is 1. The number of hydrogen-bond acceptors (Lipinski definition) is 5. The summed E-state index contributed by atoms with van der Waals surface area (Å²) in [6.07, 6.45) is 1.14. The molecule has 1 aliphatic rings. The lowest BCUT2D eigenvalue weighted by Gasteiger charge is -2.30. The van der Waals surface area contributed by atoms with E-state index in [0.717, 1.165) is 18.3 Å². The maximum absolute atomic E-state index is 13.7. The molecule has 3 rings (SSSR count). The molecular weight excluding hydrogens is 356 g/mol. The van der Waals surface area contributed by atoms with Crippen LogP contribution in [0.2, 0.25) is 0 Å². The molecule has 25 heavy (non-hydrogen) atoms. The number of hydrogen-bond donors (Lipinski definition) is 2. The number of nitrogens with one attached hydrogen (secondary N) is 2. The summed E-state index contributed by atoms with van der Waals surface area (Å²) in [7, 11) is -4.30. The number of anilines is 2. The van der Waals surface area contributed by atoms with Gasteiger partial charge in [-0.1, -0.05) is 0 Å². The third kappa shape index (κ3) is 3.25. The highest BCUT2D eigenvalue weighted by Gasteiger charge is 2.36. The van der Waals surface area contributed by atoms with Crippen LogP contribution in [-0.4, -0.2) is 24.9 Å². The predicted octanol–water partition coefficient (Wildman–Crippen LogP) is 2.27. The van der Waals surface area contributed by atoms with E-state index in [4.69, 9.17) is 4.74 Å². The van der Waals surface area contributed by atoms with Crippen molar-refractivity contribution in [2.24, 2.45) is 0 Å². The van der Waals surface area contributed by atoms with Crippen LogP contribution in [-0.2, 0) is 14.8 Å². The van der Waals surface area contributed by atoms with Gasteiger partial charge in [0.2, 0.25) is 0 Å². The van der Waals surface area contributed by atoms with Gasteiger partial charge in [-0.05, 0) is 26.0 Å². The molecule has 1 aliphatic heterocycles. The fourth-order valence-corrected chi connectivity index (χ4v) is 3.25. The molecule has 0 spiro atoms. The van der Waals surface area contributed by atoms with Gasteiger partial charge in [0.25, 0.3) is 15.9 Å². The normalized spacial score (nSPS) is 15.8. The van der Waals surface area contributed by atoms with E-state index in [1.165, 1.54) is 19.9 Å². The van der Waals surface area contributed by atoms with E-state index >= 15 is 0 Å². The fraction of sp³-hybridized carbons (Fsp3) is 0.200. The van der Waals surface area contributed by atoms with Crippen LogP contribution in [0.1, 0.15) is 13.8 Å². The zero-order valence-electron chi connectivity index (χ0n) is 13.1. The molecule has 0 saturated carbocycles. The van der Waals surface area contributed by atoms with Crippen LogP contribution in [0, 0.1) is 11.6 Å². The standard InChI is InChI=1S/C15H13F2N3O4S/c1-15(2)14(21)19-13-11(24-15)6-9(7-18-13)20-25(22,23)12-4-3-8(16)5-10(12)17/h3-7,20H,1-2H3,(H,18,19,21). The number of nitrogens with zero attached hydrogens (tertiary/aromatic N) is 1. The number of ether oxygens (including phenoxy) is 1. The van der Waals surface area contributed by atoms with Crippen LogP contribution in [0.5, 0.6) is 5.75 Å². The van der Waals surface area contributed by atoms with Crippen LogP contribution >= 0.6 is 0 Å². The zero-order valence-corrected chi connectivity index (χ0v) is 13.9. The summed E-state index contributed by atoms with van der Waals surface area (Å²) in [6, 6.07) is 3.44. The number of benzene rings is 1. The van der Waals surface area contributed by atoms with E-state index < -0.39 is 38.1 Å². The molecule has 1 amide bonds. The summed E-state index contributed by atoms with van der Waals surface area (Å²) in [6.45, 7) is 3.08. The van der Waals surface area contributed by atoms with Gasteiger partial charge in [0, 0.05) is 12.1 Å². The summed E-state index contributed by atoms with van der Waals surface area (Å²) < 4.78 is 58.8. The van der Waals surface area contributed by atoms with Crippen molar-refractivity contribution in [1.29, 1.82) is 0 Å². The van der Waals surface area contributed by atoms with E-state index in [9.17, 15) is 22.0 Å². The van der Waals surface area contributed by atoms with Crippen molar-refractivity contribution in [3.63, 3.8) is 0 Å². The lowest BCUT2D eigenvalue weighted by atomic mass is 10.1. The van der Waals surface area contributed by atoms with Gasteiger partial charge in [-0.25, -0.2) is 22.2 Å². The Hall–Kier alpha value is -2.75. The van der Waals surface area contributed by atoms with E-state index in [1.54, 1.807) is 0 Å². The summed E-state index contributed by atoms with van der Waals surface area (Å²) >= 11 is 0. The SMILES string of the molecule is CC1(C)Oc2cc(NS(=O)(=O)c3ccc(F)cc3F)cnc2NC1=O. The van der Waals surface area contributed by atoms with Crippen molar-refractivity contribution in [2.45, 2.75) is 24.3 Å². The first-order chi connectivity index (χ1) is 11.6. The molecule has 10 heteroatoms. The second kappa shape index (κ2) is 5.66. The Morgan fingerprint density at radius 3 is 2.64 bits per heavy atom. The van der Waals surface area contributed by atoms with Crippen LogP contribution in [0.4, 0.5) is 20.3 Å². The number of pyridine rings is 1. The van der Waals surface area contributed by atoms with Gasteiger partial charge in [0.05, 0.1) is 11.9 Å². The first-order valence-corrected chi connectivity index (χ1v) is 8.55. The Bertz CT molecular complexity index is 977. The molecule has 0 saturated heterocycles. The minimum Gasteiger partial charge on any atom is -0.474 e. The molecule has 1 aromatic carbocycles. The van der Waals surface area contributed by atoms with Gasteiger partial charge in [0.15, 0.2) is 17.2 Å². The third-order valence-corrected chi connectivity index (χ3v) is 4.85. The number of amides is 1. The number of rotatable bonds is 3. The lowest BCUT2D eigenvalue weighted by Crippen LogP contribution is -2.46. The van der Waals surface area contributed by atoms with Crippen molar-refractivity contribution in [3.8, 4) is 5.75 Å². The van der Waals surface area contributed by atoms with Gasteiger partial charge >= 0.3 is 0 Å². The Labute approximate surface area is 142 Å². The highest BCUT2D eigenvalue weighted by Crippen LogP contribution is 2.34. The molecule has 0 radical (unpaired) electrons. The highest BCUT2D eigenvalue weighted by atomic mass is 32.2. The molecule has 0 fully saturated rings. The number of sulfonamides is 1. The average Bonchev–Trinajstić information content (AvgIpc) is 2.47. The van der Waals surface area contributed by atoms with Crippen molar-refractivity contribution in [2.75, 3.05) is 10.0 Å². The minimum atomic E-state index is -4.30. The second-order valence-corrected chi connectivity index (χ2v) is 7.47. The van der Waals surface area contributed by atoms with Gasteiger partial charge in [0.1, 0.15) is 16.5 Å². The van der Waals surface area contributed by atoms with Crippen molar-refractivity contribution in [1.82, 2.24) is 4.98 Å². The smallest absolute Gasteiger partial charge is 0.269 e. The number of halogens is 2. The van der Waals surface area contributed by atoms with Crippen LogP contribution in [0.25, 0.3) is 0 Å². The van der Waals surface area contributed by atoms with Gasteiger partial charge in [-0.2, -0.15) is 0 Å². The molecule has 0 bridgehead atoms. The largest absolute Gasteiger partial charge is 0.474 e. The Morgan fingerprint density at radius 2 is 1.96 bits per heavy atom. The van der Waals surface area contributed by atoms with Crippen molar-refractivity contribution < 1.29 is 26.7 Å². The molecular formula is C15H13F2N3O4S. The molecule has 2 N–H and O–H groups in total. The second-order valence-electron chi connectivity index (χ2n) is 5.82. The molecule has 0 atom stereocenters. The lowest BCUT2D eigenvalue weighted by molar-refractivity contribution is -0.129. The maximum atomic E-state index is 13.7. The molecule has 2 heterocycles. The fourth-order valence-electron chi connectivity index (χ4n) is 2.15. The summed E-state index contributed by atoms with van der Waals surface area (Å²) in [5.41, 5.74) is -1.16. The zero-order chi connectivity index (χ0) is 18.4. The van der Waals surface area contributed by atoms with Crippen molar-refractivity contribution >= 4 is 27.4 Å². The Kier molecular flexibility index (Phi) is 3.87. The Morgan fingerprint density at radius 1 is 1.24 bits per heavy atom. The summed E-state index contributed by atoms with van der Waals surface area (Å²) in [4.78, 5) is 15.0. The maximum Gasteiger partial charge on any atom is 0.269 e. The van der Waals surface area contributed by atoms with Gasteiger partial charge < -0.3 is 10.1 Å². The van der Waals surface area contributed by atoms with E-state index in [2.05, 4.69) is 15.0 Å². The topological polar surface area (TPSA) is 97.4 Å². The van der Waals surface area contributed by atoms with E-state index in [-0.39, 0.29) is 17.3 Å². The molecule has 0 aliphatic carbocycles. The first-order valence-electron chi connectivity index (χ1n) is 7.07. The Balaban J connectivity index is 1.92.